The topological polar surface area (TPSA) is 49.8 Å². The molecule has 0 bridgehead atoms. The quantitative estimate of drug-likeness (QED) is 0.897. The van der Waals surface area contributed by atoms with E-state index in [4.69, 9.17) is 16.3 Å². The summed E-state index contributed by atoms with van der Waals surface area (Å²) >= 11 is 6.00. The molecule has 18 heavy (non-hydrogen) atoms. The highest BCUT2D eigenvalue weighted by Gasteiger charge is 2.33. The molecule has 98 valence electrons. The lowest BCUT2D eigenvalue weighted by atomic mass is 9.99. The van der Waals surface area contributed by atoms with Crippen LogP contribution in [0.15, 0.2) is 18.2 Å². The third-order valence-electron chi connectivity index (χ3n) is 3.14. The maximum Gasteiger partial charge on any atom is 0.339 e. The van der Waals surface area contributed by atoms with Crippen molar-refractivity contribution in [3.8, 4) is 0 Å². The van der Waals surface area contributed by atoms with E-state index in [1.807, 2.05) is 18.7 Å². The number of carboxylic acid groups (broad SMARTS) is 1. The summed E-state index contributed by atoms with van der Waals surface area (Å²) in [6.07, 6.45) is 0. The fraction of sp³-hybridized carbons (Fsp3) is 0.462. The van der Waals surface area contributed by atoms with Crippen molar-refractivity contribution in [3.05, 3.63) is 28.8 Å². The van der Waals surface area contributed by atoms with Gasteiger partial charge >= 0.3 is 5.97 Å². The molecule has 0 spiro atoms. The van der Waals surface area contributed by atoms with E-state index in [1.54, 1.807) is 18.2 Å². The minimum absolute atomic E-state index is 0.161. The summed E-state index contributed by atoms with van der Waals surface area (Å²) in [6.45, 7) is 5.87. The molecule has 1 saturated heterocycles. The van der Waals surface area contributed by atoms with Crippen molar-refractivity contribution < 1.29 is 14.6 Å². The molecule has 0 amide bonds. The summed E-state index contributed by atoms with van der Waals surface area (Å²) in [4.78, 5) is 13.4. The largest absolute Gasteiger partial charge is 0.478 e. The van der Waals surface area contributed by atoms with Crippen molar-refractivity contribution in [1.82, 2.24) is 0 Å². The maximum atomic E-state index is 11.4. The Kier molecular flexibility index (Phi) is 3.50. The molecule has 1 N–H and O–H groups in total. The van der Waals surface area contributed by atoms with E-state index in [0.717, 1.165) is 0 Å². The SMILES string of the molecule is CC1(C)COCCN1c1cccc(Cl)c1C(=O)O. The minimum Gasteiger partial charge on any atom is -0.478 e. The predicted octanol–water partition coefficient (Wildman–Crippen LogP) is 2.65. The number of aromatic carboxylic acids is 1. The summed E-state index contributed by atoms with van der Waals surface area (Å²) in [5, 5.41) is 9.57. The molecular weight excluding hydrogens is 254 g/mol. The summed E-state index contributed by atoms with van der Waals surface area (Å²) in [6, 6.07) is 5.17. The van der Waals surface area contributed by atoms with Crippen LogP contribution in [0.3, 0.4) is 0 Å². The van der Waals surface area contributed by atoms with E-state index in [9.17, 15) is 9.90 Å². The van der Waals surface area contributed by atoms with Crippen molar-refractivity contribution in [3.63, 3.8) is 0 Å². The van der Waals surface area contributed by atoms with Gasteiger partial charge in [0, 0.05) is 6.54 Å². The molecule has 0 unspecified atom stereocenters. The number of morpholine rings is 1. The summed E-state index contributed by atoms with van der Waals surface area (Å²) in [5.74, 6) is -1.00. The zero-order valence-electron chi connectivity index (χ0n) is 10.4. The number of anilines is 1. The van der Waals surface area contributed by atoms with Crippen LogP contribution in [0.2, 0.25) is 5.02 Å². The molecule has 2 rings (SSSR count). The van der Waals surface area contributed by atoms with Crippen LogP contribution in [-0.2, 0) is 4.74 Å². The van der Waals surface area contributed by atoms with Crippen molar-refractivity contribution in [2.45, 2.75) is 19.4 Å². The van der Waals surface area contributed by atoms with Gasteiger partial charge in [-0.25, -0.2) is 4.79 Å². The van der Waals surface area contributed by atoms with Gasteiger partial charge in [0.1, 0.15) is 5.56 Å². The Morgan fingerprint density at radius 1 is 1.50 bits per heavy atom. The fourth-order valence-corrected chi connectivity index (χ4v) is 2.50. The van der Waals surface area contributed by atoms with Gasteiger partial charge in [-0.3, -0.25) is 0 Å². The van der Waals surface area contributed by atoms with Gasteiger partial charge in [-0.2, -0.15) is 0 Å². The van der Waals surface area contributed by atoms with Crippen molar-refractivity contribution >= 4 is 23.3 Å². The highest BCUT2D eigenvalue weighted by atomic mass is 35.5. The van der Waals surface area contributed by atoms with Crippen molar-refractivity contribution in [2.24, 2.45) is 0 Å². The average molecular weight is 270 g/mol. The Hall–Kier alpha value is -1.26. The van der Waals surface area contributed by atoms with E-state index in [2.05, 4.69) is 0 Å². The first-order valence-electron chi connectivity index (χ1n) is 5.81. The molecule has 5 heteroatoms. The number of hydrogen-bond acceptors (Lipinski definition) is 3. The van der Waals surface area contributed by atoms with Crippen molar-refractivity contribution in [2.75, 3.05) is 24.7 Å². The van der Waals surface area contributed by atoms with E-state index in [0.29, 0.717) is 25.4 Å². The standard InChI is InChI=1S/C13H16ClNO3/c1-13(2)8-18-7-6-15(13)10-5-3-4-9(14)11(10)12(16)17/h3-5H,6-8H2,1-2H3,(H,16,17). The second-order valence-electron chi connectivity index (χ2n) is 4.96. The summed E-state index contributed by atoms with van der Waals surface area (Å²) in [7, 11) is 0. The van der Waals surface area contributed by atoms with Crippen LogP contribution in [0.5, 0.6) is 0 Å². The summed E-state index contributed by atoms with van der Waals surface area (Å²) < 4.78 is 5.44. The number of carboxylic acids is 1. The van der Waals surface area contributed by atoms with Gasteiger partial charge in [-0.1, -0.05) is 17.7 Å². The first-order chi connectivity index (χ1) is 8.43. The Morgan fingerprint density at radius 2 is 2.22 bits per heavy atom. The predicted molar refractivity (Wildman–Crippen MR) is 70.7 cm³/mol. The molecule has 0 atom stereocenters. The molecular formula is C13H16ClNO3. The number of ether oxygens (including phenoxy) is 1. The molecule has 0 radical (unpaired) electrons. The second kappa shape index (κ2) is 4.78. The average Bonchev–Trinajstić information content (AvgIpc) is 2.27. The van der Waals surface area contributed by atoms with E-state index < -0.39 is 5.97 Å². The lowest BCUT2D eigenvalue weighted by Crippen LogP contribution is -2.53. The van der Waals surface area contributed by atoms with Gasteiger partial charge in [0.25, 0.3) is 0 Å². The minimum atomic E-state index is -1.00. The molecule has 1 aliphatic heterocycles. The zero-order valence-corrected chi connectivity index (χ0v) is 11.2. The highest BCUT2D eigenvalue weighted by Crippen LogP contribution is 2.33. The highest BCUT2D eigenvalue weighted by molar-refractivity contribution is 6.34. The van der Waals surface area contributed by atoms with Crippen LogP contribution in [0, 0.1) is 0 Å². The van der Waals surface area contributed by atoms with Crippen LogP contribution in [0.1, 0.15) is 24.2 Å². The van der Waals surface area contributed by atoms with Crippen LogP contribution >= 0.6 is 11.6 Å². The first kappa shape index (κ1) is 13.2. The first-order valence-corrected chi connectivity index (χ1v) is 6.18. The van der Waals surface area contributed by atoms with E-state index in [1.165, 1.54) is 0 Å². The van der Waals surface area contributed by atoms with Gasteiger partial charge < -0.3 is 14.7 Å². The number of hydrogen-bond donors (Lipinski definition) is 1. The van der Waals surface area contributed by atoms with Crippen LogP contribution in [0.4, 0.5) is 5.69 Å². The monoisotopic (exact) mass is 269 g/mol. The summed E-state index contributed by atoms with van der Waals surface area (Å²) in [5.41, 5.74) is 0.574. The Morgan fingerprint density at radius 3 is 2.83 bits per heavy atom. The lowest BCUT2D eigenvalue weighted by molar-refractivity contribution is 0.0629. The Balaban J connectivity index is 2.50. The molecule has 1 aromatic carbocycles. The van der Waals surface area contributed by atoms with Crippen LogP contribution < -0.4 is 4.90 Å². The second-order valence-corrected chi connectivity index (χ2v) is 5.36. The Labute approximate surface area is 111 Å². The van der Waals surface area contributed by atoms with Gasteiger partial charge in [0.2, 0.25) is 0 Å². The van der Waals surface area contributed by atoms with Crippen LogP contribution in [0.25, 0.3) is 0 Å². The fourth-order valence-electron chi connectivity index (χ4n) is 2.25. The number of benzene rings is 1. The number of carbonyl (C=O) groups is 1. The molecule has 4 nitrogen and oxygen atoms in total. The Bertz CT molecular complexity index is 473. The third kappa shape index (κ3) is 2.31. The molecule has 1 fully saturated rings. The van der Waals surface area contributed by atoms with Gasteiger partial charge in [0.05, 0.1) is 29.5 Å². The smallest absolute Gasteiger partial charge is 0.339 e. The molecule has 0 saturated carbocycles. The van der Waals surface area contributed by atoms with Gasteiger partial charge in [-0.05, 0) is 26.0 Å². The van der Waals surface area contributed by atoms with Crippen LogP contribution in [-0.4, -0.2) is 36.4 Å². The number of rotatable bonds is 2. The normalized spacial score (nSPS) is 18.7. The van der Waals surface area contributed by atoms with Gasteiger partial charge in [0.15, 0.2) is 0 Å². The molecule has 0 aliphatic carbocycles. The van der Waals surface area contributed by atoms with Gasteiger partial charge in [-0.15, -0.1) is 0 Å². The molecule has 1 aliphatic rings. The maximum absolute atomic E-state index is 11.4. The molecule has 0 aromatic heterocycles. The molecule has 1 aromatic rings. The third-order valence-corrected chi connectivity index (χ3v) is 3.46. The zero-order chi connectivity index (χ0) is 13.3. The number of halogens is 1. The lowest BCUT2D eigenvalue weighted by Gasteiger charge is -2.44. The number of nitrogens with zero attached hydrogens (tertiary/aromatic N) is 1. The van der Waals surface area contributed by atoms with E-state index in [-0.39, 0.29) is 16.1 Å². The van der Waals surface area contributed by atoms with Crippen molar-refractivity contribution in [1.29, 1.82) is 0 Å². The molecule has 1 heterocycles. The van der Waals surface area contributed by atoms with E-state index >= 15 is 0 Å².